The lowest BCUT2D eigenvalue weighted by Gasteiger charge is -2.17. The maximum Gasteiger partial charge on any atom is 0.311 e. The van der Waals surface area contributed by atoms with E-state index in [0.717, 1.165) is 19.3 Å². The van der Waals surface area contributed by atoms with Crippen LogP contribution in [0.3, 0.4) is 0 Å². The number of hydrogen-bond acceptors (Lipinski definition) is 6. The van der Waals surface area contributed by atoms with Crippen LogP contribution in [0.5, 0.6) is 0 Å². The first kappa shape index (κ1) is 14.2. The predicted molar refractivity (Wildman–Crippen MR) is 69.5 cm³/mol. The molecule has 1 aromatic rings. The molecule has 0 amide bonds. The zero-order valence-electron chi connectivity index (χ0n) is 10.4. The van der Waals surface area contributed by atoms with Crippen LogP contribution in [0.15, 0.2) is 12.1 Å². The van der Waals surface area contributed by atoms with Crippen molar-refractivity contribution in [1.82, 2.24) is 4.98 Å². The van der Waals surface area contributed by atoms with Gasteiger partial charge in [0.15, 0.2) is 0 Å². The summed E-state index contributed by atoms with van der Waals surface area (Å²) < 4.78 is 0. The van der Waals surface area contributed by atoms with Gasteiger partial charge in [0.05, 0.1) is 4.92 Å². The van der Waals surface area contributed by atoms with Gasteiger partial charge in [-0.25, -0.2) is 4.98 Å². The van der Waals surface area contributed by atoms with Crippen molar-refractivity contribution in [1.29, 1.82) is 0 Å². The second-order valence-electron chi connectivity index (χ2n) is 4.04. The van der Waals surface area contributed by atoms with Crippen molar-refractivity contribution in [3.63, 3.8) is 0 Å². The van der Waals surface area contributed by atoms with Crippen LogP contribution in [0.4, 0.5) is 17.3 Å². The summed E-state index contributed by atoms with van der Waals surface area (Å²) in [6.07, 6.45) is 2.45. The topological polar surface area (TPSA) is 106 Å². The molecule has 18 heavy (non-hydrogen) atoms. The molecule has 7 nitrogen and oxygen atoms in total. The Morgan fingerprint density at radius 2 is 2.17 bits per heavy atom. The molecule has 0 atom stereocenters. The maximum atomic E-state index is 10.9. The van der Waals surface area contributed by atoms with Crippen molar-refractivity contribution in [3.8, 4) is 0 Å². The molecule has 3 N–H and O–H groups in total. The summed E-state index contributed by atoms with van der Waals surface area (Å²) in [7, 11) is 1.74. The molecule has 0 fully saturated rings. The van der Waals surface area contributed by atoms with Crippen LogP contribution in [0, 0.1) is 10.1 Å². The Labute approximate surface area is 105 Å². The lowest BCUT2D eigenvalue weighted by atomic mass is 10.2. The minimum atomic E-state index is -0.466. The van der Waals surface area contributed by atoms with Crippen molar-refractivity contribution < 1.29 is 10.0 Å². The van der Waals surface area contributed by atoms with Crippen LogP contribution in [-0.2, 0) is 0 Å². The molecular weight excluding hydrogens is 236 g/mol. The van der Waals surface area contributed by atoms with Crippen molar-refractivity contribution in [3.05, 3.63) is 22.2 Å². The van der Waals surface area contributed by atoms with E-state index >= 15 is 0 Å². The van der Waals surface area contributed by atoms with E-state index in [2.05, 4.69) is 4.98 Å². The summed E-state index contributed by atoms with van der Waals surface area (Å²) in [5.41, 5.74) is 5.50. The maximum absolute atomic E-state index is 10.9. The highest BCUT2D eigenvalue weighted by molar-refractivity contribution is 5.60. The van der Waals surface area contributed by atoms with Gasteiger partial charge in [-0.05, 0) is 25.3 Å². The van der Waals surface area contributed by atoms with E-state index in [9.17, 15) is 10.1 Å². The van der Waals surface area contributed by atoms with Crippen molar-refractivity contribution in [2.75, 3.05) is 30.8 Å². The molecule has 0 aliphatic rings. The zero-order chi connectivity index (χ0) is 13.5. The lowest BCUT2D eigenvalue weighted by Crippen LogP contribution is -2.21. The lowest BCUT2D eigenvalue weighted by molar-refractivity contribution is -0.384. The van der Waals surface area contributed by atoms with Gasteiger partial charge >= 0.3 is 5.69 Å². The number of hydrogen-bond donors (Lipinski definition) is 2. The molecule has 0 aliphatic carbocycles. The monoisotopic (exact) mass is 254 g/mol. The van der Waals surface area contributed by atoms with E-state index < -0.39 is 4.92 Å². The molecule has 7 heteroatoms. The van der Waals surface area contributed by atoms with Crippen LogP contribution in [0.25, 0.3) is 0 Å². The fraction of sp³-hybridized carbons (Fsp3) is 0.545. The SMILES string of the molecule is CN(CCCCCO)c1nc(N)ccc1[N+](=O)[O-]. The molecule has 1 rings (SSSR count). The first-order valence-corrected chi connectivity index (χ1v) is 5.79. The molecule has 0 unspecified atom stereocenters. The van der Waals surface area contributed by atoms with E-state index in [1.807, 2.05) is 0 Å². The number of rotatable bonds is 7. The Hall–Kier alpha value is -1.89. The molecule has 1 aromatic heterocycles. The third-order valence-electron chi connectivity index (χ3n) is 2.59. The Kier molecular flexibility index (Phi) is 5.31. The van der Waals surface area contributed by atoms with Gasteiger partial charge < -0.3 is 15.7 Å². The second kappa shape index (κ2) is 6.75. The van der Waals surface area contributed by atoms with E-state index in [1.165, 1.54) is 12.1 Å². The van der Waals surface area contributed by atoms with Gasteiger partial charge in [0.2, 0.25) is 5.82 Å². The summed E-state index contributed by atoms with van der Waals surface area (Å²) in [4.78, 5) is 16.1. The zero-order valence-corrected chi connectivity index (χ0v) is 10.4. The van der Waals surface area contributed by atoms with Gasteiger partial charge in [0.25, 0.3) is 0 Å². The molecule has 0 aromatic carbocycles. The number of anilines is 2. The first-order valence-electron chi connectivity index (χ1n) is 5.79. The molecular formula is C11H18N4O3. The number of unbranched alkanes of at least 4 members (excludes halogenated alkanes) is 2. The number of nitrogen functional groups attached to an aromatic ring is 1. The third kappa shape index (κ3) is 3.85. The van der Waals surface area contributed by atoms with E-state index in [1.54, 1.807) is 11.9 Å². The van der Waals surface area contributed by atoms with E-state index in [0.29, 0.717) is 6.54 Å². The Bertz CT molecular complexity index is 411. The van der Waals surface area contributed by atoms with Gasteiger partial charge in [-0.1, -0.05) is 0 Å². The average Bonchev–Trinajstić information content (AvgIpc) is 2.34. The number of aliphatic hydroxyl groups excluding tert-OH is 1. The number of nitrogens with two attached hydrogens (primary N) is 1. The van der Waals surface area contributed by atoms with Crippen LogP contribution in [-0.4, -0.2) is 35.2 Å². The molecule has 0 bridgehead atoms. The van der Waals surface area contributed by atoms with Crippen molar-refractivity contribution >= 4 is 17.3 Å². The molecule has 0 spiro atoms. The quantitative estimate of drug-likeness (QED) is 0.430. The number of pyridine rings is 1. The summed E-state index contributed by atoms with van der Waals surface area (Å²) >= 11 is 0. The molecule has 1 heterocycles. The normalized spacial score (nSPS) is 10.3. The van der Waals surface area contributed by atoms with Crippen molar-refractivity contribution in [2.24, 2.45) is 0 Å². The number of aromatic nitrogens is 1. The standard InChI is InChI=1S/C11H18N4O3/c1-14(7-3-2-4-8-16)11-9(15(17)18)5-6-10(12)13-11/h5-6,16H,2-4,7-8H2,1H3,(H2,12,13). The Morgan fingerprint density at radius 1 is 1.44 bits per heavy atom. The molecule has 0 saturated heterocycles. The van der Waals surface area contributed by atoms with Crippen LogP contribution >= 0.6 is 0 Å². The minimum Gasteiger partial charge on any atom is -0.396 e. The fourth-order valence-electron chi connectivity index (χ4n) is 1.62. The van der Waals surface area contributed by atoms with Crippen LogP contribution in [0.1, 0.15) is 19.3 Å². The summed E-state index contributed by atoms with van der Waals surface area (Å²) in [6.45, 7) is 0.803. The molecule has 0 aliphatic heterocycles. The molecule has 0 radical (unpaired) electrons. The molecule has 100 valence electrons. The third-order valence-corrected chi connectivity index (χ3v) is 2.59. The van der Waals surface area contributed by atoms with Crippen LogP contribution in [0.2, 0.25) is 0 Å². The Morgan fingerprint density at radius 3 is 2.78 bits per heavy atom. The Balaban J connectivity index is 2.74. The van der Waals surface area contributed by atoms with Gasteiger partial charge in [0, 0.05) is 26.3 Å². The van der Waals surface area contributed by atoms with Gasteiger partial charge in [0.1, 0.15) is 5.82 Å². The van der Waals surface area contributed by atoms with E-state index in [-0.39, 0.29) is 23.9 Å². The summed E-state index contributed by atoms with van der Waals surface area (Å²) in [5, 5.41) is 19.5. The highest BCUT2D eigenvalue weighted by Crippen LogP contribution is 2.26. The number of nitrogens with zero attached hydrogens (tertiary/aromatic N) is 3. The largest absolute Gasteiger partial charge is 0.396 e. The van der Waals surface area contributed by atoms with Crippen LogP contribution < -0.4 is 10.6 Å². The summed E-state index contributed by atoms with van der Waals surface area (Å²) in [6, 6.07) is 2.78. The van der Waals surface area contributed by atoms with Gasteiger partial charge in [-0.2, -0.15) is 0 Å². The number of nitro groups is 1. The second-order valence-corrected chi connectivity index (χ2v) is 4.04. The average molecular weight is 254 g/mol. The van der Waals surface area contributed by atoms with E-state index in [4.69, 9.17) is 10.8 Å². The van der Waals surface area contributed by atoms with Gasteiger partial charge in [-0.3, -0.25) is 10.1 Å². The van der Waals surface area contributed by atoms with Gasteiger partial charge in [-0.15, -0.1) is 0 Å². The summed E-state index contributed by atoms with van der Waals surface area (Å²) in [5.74, 6) is 0.543. The fourth-order valence-corrected chi connectivity index (χ4v) is 1.62. The van der Waals surface area contributed by atoms with Crippen molar-refractivity contribution in [2.45, 2.75) is 19.3 Å². The first-order chi connectivity index (χ1) is 8.56. The predicted octanol–water partition coefficient (Wildman–Crippen LogP) is 1.17. The minimum absolute atomic E-state index is 0.0474. The molecule has 0 saturated carbocycles. The highest BCUT2D eigenvalue weighted by Gasteiger charge is 2.18. The number of aliphatic hydroxyl groups is 1. The smallest absolute Gasteiger partial charge is 0.311 e. The highest BCUT2D eigenvalue weighted by atomic mass is 16.6.